The topological polar surface area (TPSA) is 74.5 Å². The van der Waals surface area contributed by atoms with Crippen molar-refractivity contribution in [1.29, 1.82) is 0 Å². The molecule has 106 valence electrons. The Bertz CT molecular complexity index is 593. The van der Waals surface area contributed by atoms with Gasteiger partial charge >= 0.3 is 0 Å². The predicted octanol–water partition coefficient (Wildman–Crippen LogP) is 2.59. The summed E-state index contributed by atoms with van der Waals surface area (Å²) < 4.78 is 15.7. The van der Waals surface area contributed by atoms with Gasteiger partial charge in [-0.2, -0.15) is 4.98 Å². The maximum atomic E-state index is 11.0. The number of ether oxygens (including phenoxy) is 2. The lowest BCUT2D eigenvalue weighted by Crippen LogP contribution is -2.01. The third-order valence-corrected chi connectivity index (χ3v) is 2.68. The van der Waals surface area contributed by atoms with Crippen molar-refractivity contribution < 1.29 is 18.8 Å². The van der Waals surface area contributed by atoms with E-state index in [2.05, 4.69) is 10.1 Å². The van der Waals surface area contributed by atoms with Gasteiger partial charge in [0.2, 0.25) is 11.7 Å². The quantitative estimate of drug-likeness (QED) is 0.755. The summed E-state index contributed by atoms with van der Waals surface area (Å²) in [5, 5.41) is 3.82. The van der Waals surface area contributed by atoms with E-state index in [1.54, 1.807) is 18.2 Å². The van der Waals surface area contributed by atoms with Crippen LogP contribution in [0.25, 0.3) is 0 Å². The summed E-state index contributed by atoms with van der Waals surface area (Å²) >= 11 is 0. The Morgan fingerprint density at radius 1 is 1.40 bits per heavy atom. The van der Waals surface area contributed by atoms with Crippen LogP contribution < -0.4 is 9.47 Å². The normalized spacial score (nSPS) is 10.6. The first-order valence-electron chi connectivity index (χ1n) is 6.22. The second-order valence-corrected chi connectivity index (χ2v) is 4.51. The average Bonchev–Trinajstić information content (AvgIpc) is 2.94. The first-order valence-corrected chi connectivity index (χ1v) is 6.22. The molecule has 0 aliphatic heterocycles. The Morgan fingerprint density at radius 3 is 2.80 bits per heavy atom. The van der Waals surface area contributed by atoms with Gasteiger partial charge in [0.05, 0.1) is 12.7 Å². The van der Waals surface area contributed by atoms with Gasteiger partial charge in [-0.1, -0.05) is 19.0 Å². The van der Waals surface area contributed by atoms with Crippen molar-refractivity contribution in [3.63, 3.8) is 0 Å². The van der Waals surface area contributed by atoms with E-state index in [0.29, 0.717) is 35.1 Å². The van der Waals surface area contributed by atoms with Crippen molar-refractivity contribution >= 4 is 6.29 Å². The fourth-order valence-electron chi connectivity index (χ4n) is 1.58. The van der Waals surface area contributed by atoms with Crippen LogP contribution in [0.2, 0.25) is 0 Å². The Labute approximate surface area is 116 Å². The molecule has 2 rings (SSSR count). The van der Waals surface area contributed by atoms with E-state index in [0.717, 1.165) is 0 Å². The van der Waals surface area contributed by atoms with E-state index < -0.39 is 0 Å². The van der Waals surface area contributed by atoms with Crippen molar-refractivity contribution in [2.75, 3.05) is 7.11 Å². The summed E-state index contributed by atoms with van der Waals surface area (Å²) in [4.78, 5) is 15.2. The summed E-state index contributed by atoms with van der Waals surface area (Å²) in [5.41, 5.74) is 0.414. The Balaban J connectivity index is 2.08. The Kier molecular flexibility index (Phi) is 4.34. The average molecular weight is 276 g/mol. The van der Waals surface area contributed by atoms with Crippen LogP contribution in [0, 0.1) is 0 Å². The van der Waals surface area contributed by atoms with Crippen molar-refractivity contribution in [3.05, 3.63) is 35.5 Å². The molecule has 1 aromatic carbocycles. The number of hydrogen-bond acceptors (Lipinski definition) is 6. The minimum Gasteiger partial charge on any atom is -0.497 e. The number of carbonyl (C=O) groups is 1. The van der Waals surface area contributed by atoms with E-state index in [1.165, 1.54) is 7.11 Å². The molecule has 0 fully saturated rings. The zero-order valence-corrected chi connectivity index (χ0v) is 11.6. The maximum Gasteiger partial charge on any atom is 0.229 e. The van der Waals surface area contributed by atoms with Crippen LogP contribution in [0.15, 0.2) is 22.7 Å². The molecule has 20 heavy (non-hydrogen) atoms. The van der Waals surface area contributed by atoms with Gasteiger partial charge in [-0.3, -0.25) is 4.79 Å². The predicted molar refractivity (Wildman–Crippen MR) is 71.1 cm³/mol. The third kappa shape index (κ3) is 3.14. The van der Waals surface area contributed by atoms with Crippen molar-refractivity contribution in [3.8, 4) is 11.5 Å². The highest BCUT2D eigenvalue weighted by Crippen LogP contribution is 2.23. The zero-order chi connectivity index (χ0) is 14.5. The molecule has 1 heterocycles. The molecule has 0 saturated carbocycles. The van der Waals surface area contributed by atoms with Gasteiger partial charge in [0.1, 0.15) is 11.5 Å². The van der Waals surface area contributed by atoms with E-state index in [1.807, 2.05) is 13.8 Å². The van der Waals surface area contributed by atoms with E-state index >= 15 is 0 Å². The first-order chi connectivity index (χ1) is 9.63. The summed E-state index contributed by atoms with van der Waals surface area (Å²) in [7, 11) is 1.54. The van der Waals surface area contributed by atoms with Crippen molar-refractivity contribution in [2.24, 2.45) is 0 Å². The van der Waals surface area contributed by atoms with Crippen LogP contribution in [0.5, 0.6) is 11.5 Å². The first kappa shape index (κ1) is 14.0. The number of methoxy groups -OCH3 is 1. The maximum absolute atomic E-state index is 11.0. The van der Waals surface area contributed by atoms with Gasteiger partial charge in [0, 0.05) is 5.92 Å². The molecule has 0 radical (unpaired) electrons. The number of aromatic nitrogens is 2. The van der Waals surface area contributed by atoms with Gasteiger partial charge in [0.15, 0.2) is 12.9 Å². The van der Waals surface area contributed by atoms with Crippen LogP contribution in [0.3, 0.4) is 0 Å². The Hall–Kier alpha value is -2.37. The lowest BCUT2D eigenvalue weighted by atomic mass is 10.2. The fourth-order valence-corrected chi connectivity index (χ4v) is 1.58. The van der Waals surface area contributed by atoms with Gasteiger partial charge in [-0.15, -0.1) is 0 Å². The lowest BCUT2D eigenvalue weighted by Gasteiger charge is -2.07. The number of rotatable bonds is 6. The standard InChI is InChI=1S/C14H16N2O4/c1-9(2)14-15-13(16-20-14)8-19-12-5-4-11(18-3)6-10(12)7-17/h4-7,9H,8H2,1-3H3. The zero-order valence-electron chi connectivity index (χ0n) is 11.6. The second-order valence-electron chi connectivity index (χ2n) is 4.51. The molecule has 1 aromatic heterocycles. The highest BCUT2D eigenvalue weighted by molar-refractivity contribution is 5.80. The van der Waals surface area contributed by atoms with Crippen LogP contribution in [0.4, 0.5) is 0 Å². The Morgan fingerprint density at radius 2 is 2.20 bits per heavy atom. The molecular formula is C14H16N2O4. The molecule has 0 bridgehead atoms. The smallest absolute Gasteiger partial charge is 0.229 e. The molecule has 2 aromatic rings. The van der Waals surface area contributed by atoms with E-state index in [4.69, 9.17) is 14.0 Å². The molecule has 0 aliphatic rings. The third-order valence-electron chi connectivity index (χ3n) is 2.68. The van der Waals surface area contributed by atoms with Gasteiger partial charge in [-0.05, 0) is 18.2 Å². The molecule has 0 amide bonds. The molecule has 0 spiro atoms. The van der Waals surface area contributed by atoms with E-state index in [-0.39, 0.29) is 12.5 Å². The highest BCUT2D eigenvalue weighted by atomic mass is 16.5. The fraction of sp³-hybridized carbons (Fsp3) is 0.357. The summed E-state index contributed by atoms with van der Waals surface area (Å²) in [5.74, 6) is 2.23. The number of carbonyl (C=O) groups excluding carboxylic acids is 1. The van der Waals surface area contributed by atoms with Crippen LogP contribution in [-0.4, -0.2) is 23.5 Å². The van der Waals surface area contributed by atoms with Crippen molar-refractivity contribution in [2.45, 2.75) is 26.4 Å². The number of aldehydes is 1. The van der Waals surface area contributed by atoms with Crippen molar-refractivity contribution in [1.82, 2.24) is 10.1 Å². The SMILES string of the molecule is COc1ccc(OCc2noc(C(C)C)n2)c(C=O)c1. The minimum absolute atomic E-state index is 0.142. The number of nitrogens with zero attached hydrogens (tertiary/aromatic N) is 2. The van der Waals surface area contributed by atoms with Gasteiger partial charge < -0.3 is 14.0 Å². The molecule has 0 N–H and O–H groups in total. The molecule has 6 nitrogen and oxygen atoms in total. The summed E-state index contributed by atoms with van der Waals surface area (Å²) in [6.45, 7) is 4.07. The van der Waals surface area contributed by atoms with Gasteiger partial charge in [-0.25, -0.2) is 0 Å². The van der Waals surface area contributed by atoms with Crippen LogP contribution in [0.1, 0.15) is 41.8 Å². The molecule has 0 aliphatic carbocycles. The highest BCUT2D eigenvalue weighted by Gasteiger charge is 2.11. The molecule has 0 atom stereocenters. The number of benzene rings is 1. The van der Waals surface area contributed by atoms with Crippen LogP contribution >= 0.6 is 0 Å². The van der Waals surface area contributed by atoms with E-state index in [9.17, 15) is 4.79 Å². The molecule has 0 saturated heterocycles. The largest absolute Gasteiger partial charge is 0.497 e. The van der Waals surface area contributed by atoms with Gasteiger partial charge in [0.25, 0.3) is 0 Å². The number of hydrogen-bond donors (Lipinski definition) is 0. The van der Waals surface area contributed by atoms with Crippen LogP contribution in [-0.2, 0) is 6.61 Å². The summed E-state index contributed by atoms with van der Waals surface area (Å²) in [6, 6.07) is 5.00. The second kappa shape index (κ2) is 6.18. The summed E-state index contributed by atoms with van der Waals surface area (Å²) in [6.07, 6.45) is 0.716. The minimum atomic E-state index is 0.142. The lowest BCUT2D eigenvalue weighted by molar-refractivity contribution is 0.111. The monoisotopic (exact) mass is 276 g/mol. The molecule has 6 heteroatoms. The molecule has 0 unspecified atom stereocenters. The molecular weight excluding hydrogens is 260 g/mol.